The second-order valence-corrected chi connectivity index (χ2v) is 9.82. The number of hydrogen-bond donors (Lipinski definition) is 1. The van der Waals surface area contributed by atoms with Gasteiger partial charge >= 0.3 is 6.18 Å². The summed E-state index contributed by atoms with van der Waals surface area (Å²) in [6.07, 6.45) is -3.62. The summed E-state index contributed by atoms with van der Waals surface area (Å²) >= 11 is 0. The van der Waals surface area contributed by atoms with Crippen LogP contribution in [0.15, 0.2) is 52.3 Å². The number of rotatable bonds is 5. The number of nitrogens with one attached hydrogen (secondary N) is 1. The highest BCUT2D eigenvalue weighted by Crippen LogP contribution is 2.29. The van der Waals surface area contributed by atoms with Crippen molar-refractivity contribution in [3.8, 4) is 0 Å². The van der Waals surface area contributed by atoms with Crippen molar-refractivity contribution in [2.75, 3.05) is 17.8 Å². The first-order chi connectivity index (χ1) is 11.8. The molecule has 0 saturated heterocycles. The van der Waals surface area contributed by atoms with E-state index >= 15 is 0 Å². The molecule has 26 heavy (non-hydrogen) atoms. The summed E-state index contributed by atoms with van der Waals surface area (Å²) in [5.74, 6) is 0. The first kappa shape index (κ1) is 20.2. The van der Waals surface area contributed by atoms with Gasteiger partial charge < -0.3 is 5.32 Å². The Hall–Kier alpha value is -2.07. The Bertz CT molecular complexity index is 1030. The van der Waals surface area contributed by atoms with Gasteiger partial charge in [-0.2, -0.15) is 13.2 Å². The van der Waals surface area contributed by atoms with Crippen LogP contribution in [0.2, 0.25) is 0 Å². The number of sulfone groups is 2. The van der Waals surface area contributed by atoms with E-state index in [4.69, 9.17) is 0 Å². The lowest BCUT2D eigenvalue weighted by molar-refractivity contribution is -0.127. The zero-order valence-corrected chi connectivity index (χ0v) is 15.5. The average molecular weight is 407 g/mol. The molecule has 0 heterocycles. The molecule has 0 radical (unpaired) electrons. The fraction of sp³-hybridized carbons (Fsp3) is 0.250. The van der Waals surface area contributed by atoms with Crippen molar-refractivity contribution in [1.82, 2.24) is 0 Å². The van der Waals surface area contributed by atoms with E-state index in [0.717, 1.165) is 18.6 Å². The second kappa shape index (κ2) is 6.92. The summed E-state index contributed by atoms with van der Waals surface area (Å²) < 4.78 is 84.8. The molecular weight excluding hydrogens is 391 g/mol. The second-order valence-electron chi connectivity index (χ2n) is 5.82. The Balaban J connectivity index is 2.46. The van der Waals surface area contributed by atoms with E-state index in [1.54, 1.807) is 0 Å². The standard InChI is InChI=1S/C16H16F3NO4S2/c1-25(21,22)13-6-7-14(15(9-13)26(2,23)24)20-12-5-3-4-11(8-12)10-16(17,18)19/h3-9,20H,10H2,1-2H3. The van der Waals surface area contributed by atoms with Gasteiger partial charge in [0.2, 0.25) is 0 Å². The Kier molecular flexibility index (Phi) is 5.39. The molecule has 0 unspecified atom stereocenters. The molecule has 0 aliphatic rings. The van der Waals surface area contributed by atoms with Crippen molar-refractivity contribution in [2.45, 2.75) is 22.4 Å². The minimum Gasteiger partial charge on any atom is -0.354 e. The van der Waals surface area contributed by atoms with Crippen LogP contribution in [0.5, 0.6) is 0 Å². The lowest BCUT2D eigenvalue weighted by Crippen LogP contribution is -2.11. The number of alkyl halides is 3. The molecule has 0 aromatic heterocycles. The van der Waals surface area contributed by atoms with Gasteiger partial charge in [0.25, 0.3) is 0 Å². The molecule has 0 aliphatic heterocycles. The normalized spacial score (nSPS) is 12.8. The lowest BCUT2D eigenvalue weighted by Gasteiger charge is -2.14. The summed E-state index contributed by atoms with van der Waals surface area (Å²) in [6.45, 7) is 0. The molecule has 5 nitrogen and oxygen atoms in total. The topological polar surface area (TPSA) is 80.3 Å². The Morgan fingerprint density at radius 2 is 1.58 bits per heavy atom. The first-order valence-corrected chi connectivity index (χ1v) is 11.0. The van der Waals surface area contributed by atoms with Crippen LogP contribution >= 0.6 is 0 Å². The van der Waals surface area contributed by atoms with Gasteiger partial charge in [-0.25, -0.2) is 16.8 Å². The minimum atomic E-state index is -4.37. The molecule has 0 amide bonds. The summed E-state index contributed by atoms with van der Waals surface area (Å²) in [4.78, 5) is -0.434. The minimum absolute atomic E-state index is 0.0103. The van der Waals surface area contributed by atoms with Crippen molar-refractivity contribution >= 4 is 31.0 Å². The van der Waals surface area contributed by atoms with E-state index in [0.29, 0.717) is 0 Å². The third-order valence-corrected chi connectivity index (χ3v) is 5.64. The van der Waals surface area contributed by atoms with Crippen LogP contribution in [0.4, 0.5) is 24.5 Å². The SMILES string of the molecule is CS(=O)(=O)c1ccc(Nc2cccc(CC(F)(F)F)c2)c(S(C)(=O)=O)c1. The summed E-state index contributed by atoms with van der Waals surface area (Å²) in [5.41, 5.74) is 0.337. The highest BCUT2D eigenvalue weighted by Gasteiger charge is 2.27. The zero-order valence-electron chi connectivity index (χ0n) is 13.8. The molecule has 2 aromatic carbocycles. The Morgan fingerprint density at radius 1 is 0.923 bits per heavy atom. The third kappa shape index (κ3) is 5.46. The molecular formula is C16H16F3NO4S2. The van der Waals surface area contributed by atoms with Crippen LogP contribution < -0.4 is 5.32 Å². The maximum absolute atomic E-state index is 12.5. The quantitative estimate of drug-likeness (QED) is 0.822. The van der Waals surface area contributed by atoms with E-state index in [2.05, 4.69) is 5.32 Å². The molecule has 10 heteroatoms. The van der Waals surface area contributed by atoms with E-state index in [-0.39, 0.29) is 26.7 Å². The highest BCUT2D eigenvalue weighted by atomic mass is 32.2. The molecule has 0 aliphatic carbocycles. The maximum atomic E-state index is 12.5. The average Bonchev–Trinajstić information content (AvgIpc) is 2.43. The predicted octanol–water partition coefficient (Wildman–Crippen LogP) is 3.34. The smallest absolute Gasteiger partial charge is 0.354 e. The van der Waals surface area contributed by atoms with Crippen LogP contribution in [0.3, 0.4) is 0 Å². The summed E-state index contributed by atoms with van der Waals surface area (Å²) in [6, 6.07) is 8.97. The molecule has 0 bridgehead atoms. The van der Waals surface area contributed by atoms with Gasteiger partial charge in [0.15, 0.2) is 19.7 Å². The van der Waals surface area contributed by atoms with Gasteiger partial charge in [0.05, 0.1) is 21.9 Å². The van der Waals surface area contributed by atoms with Crippen molar-refractivity contribution < 1.29 is 30.0 Å². The van der Waals surface area contributed by atoms with Gasteiger partial charge in [0.1, 0.15) is 0 Å². The Labute approximate surface area is 149 Å². The predicted molar refractivity (Wildman–Crippen MR) is 92.1 cm³/mol. The monoisotopic (exact) mass is 407 g/mol. The van der Waals surface area contributed by atoms with Gasteiger partial charge in [-0.3, -0.25) is 0 Å². The largest absolute Gasteiger partial charge is 0.393 e. The van der Waals surface area contributed by atoms with Crippen molar-refractivity contribution in [2.24, 2.45) is 0 Å². The zero-order chi connectivity index (χ0) is 19.8. The van der Waals surface area contributed by atoms with Gasteiger partial charge in [-0.15, -0.1) is 0 Å². The summed E-state index contributed by atoms with van der Waals surface area (Å²) in [7, 11) is -7.40. The fourth-order valence-electron chi connectivity index (χ4n) is 2.29. The molecule has 0 fully saturated rings. The molecule has 0 saturated carbocycles. The molecule has 2 rings (SSSR count). The van der Waals surface area contributed by atoms with E-state index in [1.165, 1.54) is 36.4 Å². The van der Waals surface area contributed by atoms with E-state index in [1.807, 2.05) is 0 Å². The number of anilines is 2. The highest BCUT2D eigenvalue weighted by molar-refractivity contribution is 7.91. The molecule has 2 aromatic rings. The molecule has 0 atom stereocenters. The maximum Gasteiger partial charge on any atom is 0.393 e. The van der Waals surface area contributed by atoms with Crippen LogP contribution in [0.1, 0.15) is 5.56 Å². The Morgan fingerprint density at radius 3 is 2.12 bits per heavy atom. The van der Waals surface area contributed by atoms with Gasteiger partial charge in [-0.05, 0) is 35.9 Å². The first-order valence-electron chi connectivity index (χ1n) is 7.22. The van der Waals surface area contributed by atoms with E-state index in [9.17, 15) is 30.0 Å². The van der Waals surface area contributed by atoms with Gasteiger partial charge in [0, 0.05) is 18.2 Å². The number of halogens is 3. The van der Waals surface area contributed by atoms with Crippen molar-refractivity contribution in [3.63, 3.8) is 0 Å². The molecule has 1 N–H and O–H groups in total. The lowest BCUT2D eigenvalue weighted by atomic mass is 10.1. The van der Waals surface area contributed by atoms with Gasteiger partial charge in [-0.1, -0.05) is 12.1 Å². The van der Waals surface area contributed by atoms with Crippen LogP contribution in [-0.4, -0.2) is 35.5 Å². The third-order valence-electron chi connectivity index (χ3n) is 3.39. The van der Waals surface area contributed by atoms with Crippen LogP contribution in [-0.2, 0) is 26.1 Å². The molecule has 142 valence electrons. The molecule has 0 spiro atoms. The summed E-state index contributed by atoms with van der Waals surface area (Å²) in [5, 5.41) is 2.74. The number of benzene rings is 2. The number of hydrogen-bond acceptors (Lipinski definition) is 5. The van der Waals surface area contributed by atoms with Crippen LogP contribution in [0, 0.1) is 0 Å². The van der Waals surface area contributed by atoms with Crippen molar-refractivity contribution in [1.29, 1.82) is 0 Å². The van der Waals surface area contributed by atoms with Crippen LogP contribution in [0.25, 0.3) is 0 Å². The van der Waals surface area contributed by atoms with E-state index < -0.39 is 32.3 Å². The van der Waals surface area contributed by atoms with Crippen molar-refractivity contribution in [3.05, 3.63) is 48.0 Å². The fourth-order valence-corrected chi connectivity index (χ4v) is 3.87.